The number of aliphatic imine (C=N–C) groups is 1. The Morgan fingerprint density at radius 1 is 1.26 bits per heavy atom. The van der Waals surface area contributed by atoms with Gasteiger partial charge in [0.05, 0.1) is 9.93 Å². The van der Waals surface area contributed by atoms with E-state index in [9.17, 15) is 4.79 Å². The topological polar surface area (TPSA) is 45.8 Å². The van der Waals surface area contributed by atoms with Gasteiger partial charge in [-0.1, -0.05) is 23.2 Å². The second kappa shape index (κ2) is 6.43. The number of rotatable bonds is 2. The third kappa shape index (κ3) is 3.17. The molecule has 0 atom stereocenters. The summed E-state index contributed by atoms with van der Waals surface area (Å²) < 4.78 is 5.78. The van der Waals surface area contributed by atoms with Crippen molar-refractivity contribution in [2.24, 2.45) is 4.99 Å². The van der Waals surface area contributed by atoms with Gasteiger partial charge in [-0.3, -0.25) is 14.7 Å². The number of carbonyl (C=O) groups is 1. The van der Waals surface area contributed by atoms with Crippen molar-refractivity contribution in [1.82, 2.24) is 4.90 Å². The number of nitrogens with zero attached hydrogens (tertiary/aromatic N) is 2. The summed E-state index contributed by atoms with van der Waals surface area (Å²) in [7, 11) is 3.35. The Bertz CT molecular complexity index is 842. The number of likely N-dealkylation sites (N-methyl/N-ethyl adjacent to an activating group) is 1. The van der Waals surface area contributed by atoms with Gasteiger partial charge in [0.2, 0.25) is 0 Å². The lowest BCUT2D eigenvalue weighted by Gasteiger charge is -2.04. The zero-order valence-electron chi connectivity index (χ0n) is 12.3. The molecular weight excluding hydrogens is 355 g/mol. The Morgan fingerprint density at radius 3 is 2.70 bits per heavy atom. The van der Waals surface area contributed by atoms with E-state index >= 15 is 0 Å². The second-order valence-corrected chi connectivity index (χ2v) is 6.66. The van der Waals surface area contributed by atoms with E-state index in [1.807, 2.05) is 6.07 Å². The lowest BCUT2D eigenvalue weighted by molar-refractivity contribution is -0.121. The zero-order chi connectivity index (χ0) is 16.6. The van der Waals surface area contributed by atoms with Crippen LogP contribution in [-0.4, -0.2) is 30.1 Å². The van der Waals surface area contributed by atoms with E-state index in [4.69, 9.17) is 27.6 Å². The molecule has 0 bridgehead atoms. The smallest absolute Gasteiger partial charge is 0.266 e. The van der Waals surface area contributed by atoms with Crippen LogP contribution in [-0.2, 0) is 4.79 Å². The van der Waals surface area contributed by atoms with Gasteiger partial charge in [-0.2, -0.15) is 0 Å². The third-order valence-electron chi connectivity index (χ3n) is 3.29. The molecule has 23 heavy (non-hydrogen) atoms. The van der Waals surface area contributed by atoms with Crippen molar-refractivity contribution in [1.29, 1.82) is 0 Å². The molecule has 7 heteroatoms. The van der Waals surface area contributed by atoms with Gasteiger partial charge in [-0.05, 0) is 42.1 Å². The molecule has 0 saturated carbocycles. The van der Waals surface area contributed by atoms with Gasteiger partial charge in [0.25, 0.3) is 5.91 Å². The second-order valence-electron chi connectivity index (χ2n) is 4.81. The number of amides is 1. The highest BCUT2D eigenvalue weighted by Crippen LogP contribution is 2.34. The molecule has 0 N–H and O–H groups in total. The van der Waals surface area contributed by atoms with E-state index < -0.39 is 0 Å². The largest absolute Gasteiger partial charge is 0.457 e. The summed E-state index contributed by atoms with van der Waals surface area (Å²) >= 11 is 13.4. The van der Waals surface area contributed by atoms with Crippen LogP contribution in [0, 0.1) is 0 Å². The molecule has 0 spiro atoms. The molecule has 1 aliphatic heterocycles. The van der Waals surface area contributed by atoms with Crippen LogP contribution < -0.4 is 0 Å². The molecular formula is C16H12Cl2N2O2S. The maximum absolute atomic E-state index is 12.1. The Balaban J connectivity index is 1.91. The molecule has 1 aromatic heterocycles. The molecule has 1 aliphatic rings. The lowest BCUT2D eigenvalue weighted by atomic mass is 10.2. The molecule has 118 valence electrons. The van der Waals surface area contributed by atoms with E-state index in [-0.39, 0.29) is 5.91 Å². The van der Waals surface area contributed by atoms with E-state index in [0.717, 1.165) is 5.56 Å². The molecule has 1 amide bonds. The van der Waals surface area contributed by atoms with Crippen molar-refractivity contribution in [2.75, 3.05) is 14.1 Å². The highest BCUT2D eigenvalue weighted by molar-refractivity contribution is 8.18. The average Bonchev–Trinajstić information content (AvgIpc) is 3.07. The number of benzene rings is 1. The molecule has 0 unspecified atom stereocenters. The quantitative estimate of drug-likeness (QED) is 0.718. The summed E-state index contributed by atoms with van der Waals surface area (Å²) in [6.45, 7) is 0. The molecule has 4 nitrogen and oxygen atoms in total. The van der Waals surface area contributed by atoms with Gasteiger partial charge in [0.15, 0.2) is 5.17 Å². The van der Waals surface area contributed by atoms with Gasteiger partial charge in [0, 0.05) is 30.8 Å². The first-order valence-electron chi connectivity index (χ1n) is 6.69. The number of furan rings is 1. The Morgan fingerprint density at radius 2 is 2.04 bits per heavy atom. The van der Waals surface area contributed by atoms with Gasteiger partial charge in [-0.25, -0.2) is 0 Å². The molecule has 0 radical (unpaired) electrons. The first-order chi connectivity index (χ1) is 11.0. The monoisotopic (exact) mass is 366 g/mol. The fourth-order valence-corrected chi connectivity index (χ4v) is 3.55. The van der Waals surface area contributed by atoms with Crippen LogP contribution in [0.4, 0.5) is 0 Å². The van der Waals surface area contributed by atoms with Crippen molar-refractivity contribution in [3.05, 3.63) is 51.0 Å². The van der Waals surface area contributed by atoms with Gasteiger partial charge < -0.3 is 4.42 Å². The predicted octanol–water partition coefficient (Wildman–Crippen LogP) is 4.79. The molecule has 3 rings (SSSR count). The predicted molar refractivity (Wildman–Crippen MR) is 95.9 cm³/mol. The number of amidine groups is 1. The molecule has 1 aromatic carbocycles. The highest BCUT2D eigenvalue weighted by Gasteiger charge is 2.30. The Kier molecular flexibility index (Phi) is 4.53. The van der Waals surface area contributed by atoms with E-state index in [2.05, 4.69) is 4.99 Å². The van der Waals surface area contributed by atoms with Crippen molar-refractivity contribution in [3.8, 4) is 11.3 Å². The van der Waals surface area contributed by atoms with E-state index in [0.29, 0.717) is 31.6 Å². The Hall–Kier alpha value is -1.69. The Labute approximate surface area is 147 Å². The summed E-state index contributed by atoms with van der Waals surface area (Å²) in [6, 6.07) is 8.81. The fraction of sp³-hybridized carbons (Fsp3) is 0.125. The van der Waals surface area contributed by atoms with Crippen LogP contribution in [0.15, 0.2) is 44.6 Å². The number of carbonyl (C=O) groups excluding carboxylic acids is 1. The number of hydrogen-bond acceptors (Lipinski definition) is 4. The summed E-state index contributed by atoms with van der Waals surface area (Å²) in [6.07, 6.45) is 1.70. The summed E-state index contributed by atoms with van der Waals surface area (Å²) in [5, 5.41) is 1.74. The van der Waals surface area contributed by atoms with Gasteiger partial charge >= 0.3 is 0 Å². The molecule has 2 aromatic rings. The molecule has 1 fully saturated rings. The molecule has 2 heterocycles. The van der Waals surface area contributed by atoms with Gasteiger partial charge in [0.1, 0.15) is 11.5 Å². The van der Waals surface area contributed by atoms with Crippen molar-refractivity contribution in [2.45, 2.75) is 0 Å². The minimum absolute atomic E-state index is 0.0990. The first-order valence-corrected chi connectivity index (χ1v) is 8.26. The number of thioether (sulfide) groups is 1. The minimum atomic E-state index is -0.0990. The molecule has 1 saturated heterocycles. The third-order valence-corrected chi connectivity index (χ3v) is 4.99. The maximum Gasteiger partial charge on any atom is 0.266 e. The maximum atomic E-state index is 12.1. The number of hydrogen-bond donors (Lipinski definition) is 0. The standard InChI is InChI=1S/C16H12Cl2N2O2S/c1-19-16-20(2)15(21)14(23-16)8-10-4-6-13(22-10)11-5-3-9(17)7-12(11)18/h3-8H,1-2H3/b14-8-,19-16?. The SMILES string of the molecule is CN=C1S/C(=C\c2ccc(-c3ccc(Cl)cc3Cl)o2)C(=O)N1C. The molecule has 0 aliphatic carbocycles. The van der Waals surface area contributed by atoms with Crippen LogP contribution in [0.25, 0.3) is 17.4 Å². The van der Waals surface area contributed by atoms with Crippen LogP contribution >= 0.6 is 35.0 Å². The van der Waals surface area contributed by atoms with Crippen molar-refractivity contribution >= 4 is 52.1 Å². The van der Waals surface area contributed by atoms with Crippen LogP contribution in [0.3, 0.4) is 0 Å². The van der Waals surface area contributed by atoms with Crippen LogP contribution in [0.1, 0.15) is 5.76 Å². The van der Waals surface area contributed by atoms with Gasteiger partial charge in [-0.15, -0.1) is 0 Å². The fourth-order valence-electron chi connectivity index (χ4n) is 2.14. The number of halogens is 2. The van der Waals surface area contributed by atoms with Crippen molar-refractivity contribution < 1.29 is 9.21 Å². The summed E-state index contributed by atoms with van der Waals surface area (Å²) in [4.78, 5) is 18.3. The van der Waals surface area contributed by atoms with Crippen LogP contribution in [0.2, 0.25) is 10.0 Å². The first kappa shape index (κ1) is 16.2. The average molecular weight is 367 g/mol. The van der Waals surface area contributed by atoms with Crippen molar-refractivity contribution in [3.63, 3.8) is 0 Å². The van der Waals surface area contributed by atoms with E-state index in [1.165, 1.54) is 16.7 Å². The zero-order valence-corrected chi connectivity index (χ0v) is 14.7. The summed E-state index contributed by atoms with van der Waals surface area (Å²) in [5.41, 5.74) is 0.749. The van der Waals surface area contributed by atoms with Crippen LogP contribution in [0.5, 0.6) is 0 Å². The van der Waals surface area contributed by atoms with E-state index in [1.54, 1.807) is 44.4 Å². The normalized spacial score (nSPS) is 18.4. The minimum Gasteiger partial charge on any atom is -0.457 e. The lowest BCUT2D eigenvalue weighted by Crippen LogP contribution is -2.23. The highest BCUT2D eigenvalue weighted by atomic mass is 35.5. The summed E-state index contributed by atoms with van der Waals surface area (Å²) in [5.74, 6) is 1.09.